The Kier molecular flexibility index (Phi) is 6.87. The molecule has 0 fully saturated rings. The number of nitrogens with zero attached hydrogens (tertiary/aromatic N) is 1. The molecule has 4 rings (SSSR count). The number of benzene rings is 2. The number of amides is 2. The third-order valence-corrected chi connectivity index (χ3v) is 5.12. The minimum absolute atomic E-state index is 0.151. The topological polar surface area (TPSA) is 89.5 Å². The molecule has 1 aliphatic rings. The van der Waals surface area contributed by atoms with Crippen LogP contribution in [-0.4, -0.2) is 30.0 Å². The average Bonchev–Trinajstić information content (AvgIpc) is 3.04. The predicted molar refractivity (Wildman–Crippen MR) is 121 cm³/mol. The molecule has 0 saturated heterocycles. The Morgan fingerprint density at radius 3 is 2.66 bits per heavy atom. The van der Waals surface area contributed by atoms with Gasteiger partial charge in [-0.15, -0.1) is 0 Å². The Morgan fingerprint density at radius 1 is 1.00 bits per heavy atom. The number of pyridine rings is 1. The van der Waals surface area contributed by atoms with Crippen LogP contribution in [0.25, 0.3) is 0 Å². The lowest BCUT2D eigenvalue weighted by Gasteiger charge is -2.12. The summed E-state index contributed by atoms with van der Waals surface area (Å²) in [5.41, 5.74) is 2.78. The Bertz CT molecular complexity index is 1120. The third kappa shape index (κ3) is 5.56. The Morgan fingerprint density at radius 2 is 1.81 bits per heavy atom. The standard InChI is InChI=1S/C24H22ClN3O4/c25-20-12-17(13-21-23(20)32-10-2-9-31-21)14-22(29)27-15-16-3-1-4-19(11-16)28-24(30)18-5-7-26-8-6-18/h1,3-8,11-13H,2,9-10,14-15H2,(H,27,29)(H,28,30). The van der Waals surface area contributed by atoms with Crippen LogP contribution in [0.3, 0.4) is 0 Å². The number of hydrogen-bond acceptors (Lipinski definition) is 5. The monoisotopic (exact) mass is 451 g/mol. The number of nitrogens with one attached hydrogen (secondary N) is 2. The van der Waals surface area contributed by atoms with E-state index in [4.69, 9.17) is 21.1 Å². The van der Waals surface area contributed by atoms with Crippen LogP contribution in [0.1, 0.15) is 27.9 Å². The summed E-state index contributed by atoms with van der Waals surface area (Å²) >= 11 is 6.30. The van der Waals surface area contributed by atoms with Crippen LogP contribution < -0.4 is 20.1 Å². The van der Waals surface area contributed by atoms with Gasteiger partial charge in [0.25, 0.3) is 5.91 Å². The molecule has 0 radical (unpaired) electrons. The van der Waals surface area contributed by atoms with Crippen LogP contribution in [0.15, 0.2) is 60.9 Å². The fraction of sp³-hybridized carbons (Fsp3) is 0.208. The Hall–Kier alpha value is -3.58. The number of anilines is 1. The molecule has 2 heterocycles. The second-order valence-corrected chi connectivity index (χ2v) is 7.71. The summed E-state index contributed by atoms with van der Waals surface area (Å²) in [6.07, 6.45) is 4.08. The molecular formula is C24H22ClN3O4. The van der Waals surface area contributed by atoms with Crippen molar-refractivity contribution < 1.29 is 19.1 Å². The molecule has 0 bridgehead atoms. The van der Waals surface area contributed by atoms with Gasteiger partial charge in [0, 0.05) is 36.6 Å². The number of hydrogen-bond donors (Lipinski definition) is 2. The largest absolute Gasteiger partial charge is 0.489 e. The van der Waals surface area contributed by atoms with Crippen LogP contribution in [0.4, 0.5) is 5.69 Å². The fourth-order valence-corrected chi connectivity index (χ4v) is 3.59. The third-order valence-electron chi connectivity index (χ3n) is 4.84. The molecule has 1 aliphatic heterocycles. The lowest BCUT2D eigenvalue weighted by molar-refractivity contribution is -0.120. The summed E-state index contributed by atoms with van der Waals surface area (Å²) in [5.74, 6) is 0.719. The average molecular weight is 452 g/mol. The van der Waals surface area contributed by atoms with Crippen molar-refractivity contribution >= 4 is 29.1 Å². The lowest BCUT2D eigenvalue weighted by Crippen LogP contribution is -2.24. The highest BCUT2D eigenvalue weighted by Crippen LogP contribution is 2.38. The van der Waals surface area contributed by atoms with Gasteiger partial charge >= 0.3 is 0 Å². The minimum atomic E-state index is -0.222. The van der Waals surface area contributed by atoms with Gasteiger partial charge in [0.1, 0.15) is 0 Å². The van der Waals surface area contributed by atoms with Crippen molar-refractivity contribution in [3.05, 3.63) is 82.6 Å². The first-order valence-electron chi connectivity index (χ1n) is 10.2. The fourth-order valence-electron chi connectivity index (χ4n) is 3.30. The minimum Gasteiger partial charge on any atom is -0.489 e. The number of ether oxygens (including phenoxy) is 2. The summed E-state index contributed by atoms with van der Waals surface area (Å²) in [4.78, 5) is 28.7. The zero-order valence-corrected chi connectivity index (χ0v) is 18.0. The van der Waals surface area contributed by atoms with Crippen molar-refractivity contribution in [2.75, 3.05) is 18.5 Å². The van der Waals surface area contributed by atoms with Crippen molar-refractivity contribution in [3.8, 4) is 11.5 Å². The quantitative estimate of drug-likeness (QED) is 0.591. The molecule has 0 saturated carbocycles. The first kappa shape index (κ1) is 21.6. The van der Waals surface area contributed by atoms with E-state index in [-0.39, 0.29) is 18.2 Å². The van der Waals surface area contributed by atoms with Crippen LogP contribution in [-0.2, 0) is 17.8 Å². The highest BCUT2D eigenvalue weighted by atomic mass is 35.5. The van der Waals surface area contributed by atoms with E-state index in [0.717, 1.165) is 17.5 Å². The summed E-state index contributed by atoms with van der Waals surface area (Å²) < 4.78 is 11.3. The van der Waals surface area contributed by atoms with Gasteiger partial charge in [0.15, 0.2) is 11.5 Å². The number of fused-ring (bicyclic) bond motifs is 1. The maximum Gasteiger partial charge on any atom is 0.255 e. The maximum atomic E-state index is 12.5. The zero-order valence-electron chi connectivity index (χ0n) is 17.3. The van der Waals surface area contributed by atoms with Gasteiger partial charge < -0.3 is 20.1 Å². The van der Waals surface area contributed by atoms with Gasteiger partial charge in [0.05, 0.1) is 24.7 Å². The highest BCUT2D eigenvalue weighted by Gasteiger charge is 2.17. The van der Waals surface area contributed by atoms with Crippen molar-refractivity contribution in [3.63, 3.8) is 0 Å². The normalized spacial score (nSPS) is 12.5. The molecule has 0 aliphatic carbocycles. The van der Waals surface area contributed by atoms with E-state index in [9.17, 15) is 9.59 Å². The van der Waals surface area contributed by atoms with E-state index in [0.29, 0.717) is 47.5 Å². The van der Waals surface area contributed by atoms with Gasteiger partial charge in [-0.2, -0.15) is 0 Å². The molecule has 2 aromatic carbocycles. The van der Waals surface area contributed by atoms with Crippen molar-refractivity contribution in [1.29, 1.82) is 0 Å². The number of halogens is 1. The molecule has 0 atom stereocenters. The molecule has 2 amide bonds. The van der Waals surface area contributed by atoms with Crippen LogP contribution in [0.2, 0.25) is 5.02 Å². The molecule has 1 aromatic heterocycles. The van der Waals surface area contributed by atoms with Crippen molar-refractivity contribution in [2.45, 2.75) is 19.4 Å². The highest BCUT2D eigenvalue weighted by molar-refractivity contribution is 6.32. The van der Waals surface area contributed by atoms with Gasteiger partial charge in [-0.3, -0.25) is 14.6 Å². The molecule has 164 valence electrons. The molecule has 3 aromatic rings. The summed E-state index contributed by atoms with van der Waals surface area (Å²) in [5, 5.41) is 6.18. The van der Waals surface area contributed by atoms with Crippen LogP contribution >= 0.6 is 11.6 Å². The van der Waals surface area contributed by atoms with E-state index in [2.05, 4.69) is 15.6 Å². The van der Waals surface area contributed by atoms with E-state index < -0.39 is 0 Å². The molecule has 0 spiro atoms. The van der Waals surface area contributed by atoms with Crippen LogP contribution in [0.5, 0.6) is 11.5 Å². The summed E-state index contributed by atoms with van der Waals surface area (Å²) in [6, 6.07) is 14.1. The second kappa shape index (κ2) is 10.2. The van der Waals surface area contributed by atoms with Gasteiger partial charge in [-0.25, -0.2) is 0 Å². The van der Waals surface area contributed by atoms with Gasteiger partial charge in [-0.05, 0) is 47.5 Å². The Balaban J connectivity index is 1.34. The smallest absolute Gasteiger partial charge is 0.255 e. The molecule has 0 unspecified atom stereocenters. The zero-order chi connectivity index (χ0) is 22.3. The van der Waals surface area contributed by atoms with E-state index >= 15 is 0 Å². The maximum absolute atomic E-state index is 12.5. The summed E-state index contributed by atoms with van der Waals surface area (Å²) in [7, 11) is 0. The van der Waals surface area contributed by atoms with E-state index in [1.54, 1.807) is 42.7 Å². The second-order valence-electron chi connectivity index (χ2n) is 7.30. The first-order chi connectivity index (χ1) is 15.6. The molecule has 7 nitrogen and oxygen atoms in total. The lowest BCUT2D eigenvalue weighted by atomic mass is 10.1. The first-order valence-corrected chi connectivity index (χ1v) is 10.6. The molecule has 8 heteroatoms. The number of rotatable bonds is 6. The van der Waals surface area contributed by atoms with Crippen molar-refractivity contribution in [1.82, 2.24) is 10.3 Å². The van der Waals surface area contributed by atoms with Crippen LogP contribution in [0, 0.1) is 0 Å². The predicted octanol–water partition coefficient (Wildman–Crippen LogP) is 4.01. The van der Waals surface area contributed by atoms with E-state index in [1.165, 1.54) is 0 Å². The molecular weight excluding hydrogens is 430 g/mol. The molecule has 32 heavy (non-hydrogen) atoms. The summed E-state index contributed by atoms with van der Waals surface area (Å²) in [6.45, 7) is 1.43. The number of carbonyl (C=O) groups excluding carboxylic acids is 2. The van der Waals surface area contributed by atoms with E-state index in [1.807, 2.05) is 18.2 Å². The van der Waals surface area contributed by atoms with Crippen molar-refractivity contribution in [2.24, 2.45) is 0 Å². The number of aromatic nitrogens is 1. The molecule has 2 N–H and O–H groups in total. The van der Waals surface area contributed by atoms with Gasteiger partial charge in [0.2, 0.25) is 5.91 Å². The number of carbonyl (C=O) groups is 2. The SMILES string of the molecule is O=C(Cc1cc(Cl)c2c(c1)OCCCO2)NCc1cccc(NC(=O)c2ccncc2)c1. The van der Waals surface area contributed by atoms with Gasteiger partial charge in [-0.1, -0.05) is 23.7 Å². The Labute approximate surface area is 190 Å².